The van der Waals surface area contributed by atoms with Gasteiger partial charge in [-0.25, -0.2) is 0 Å². The van der Waals surface area contributed by atoms with Crippen molar-refractivity contribution in [1.29, 1.82) is 0 Å². The summed E-state index contributed by atoms with van der Waals surface area (Å²) in [5.74, 6) is 2.36. The van der Waals surface area contributed by atoms with E-state index in [-0.39, 0.29) is 11.3 Å². The summed E-state index contributed by atoms with van der Waals surface area (Å²) in [5.41, 5.74) is 1.34. The van der Waals surface area contributed by atoms with Crippen LogP contribution in [-0.2, 0) is 4.79 Å². The minimum absolute atomic E-state index is 0.196. The zero-order chi connectivity index (χ0) is 20.3. The lowest BCUT2D eigenvalue weighted by Gasteiger charge is -2.38. The number of carbonyl (C=O) groups is 1. The average molecular weight is 384 g/mol. The maximum atomic E-state index is 12.4. The normalized spacial score (nSPS) is 14.8. The van der Waals surface area contributed by atoms with Crippen molar-refractivity contribution in [2.75, 3.05) is 45.3 Å². The number of nitrogens with zero attached hydrogens (tertiary/aromatic N) is 4. The number of hydrogen-bond donors (Lipinski definition) is 0. The molecule has 0 bridgehead atoms. The van der Waals surface area contributed by atoms with Crippen LogP contribution in [0.2, 0.25) is 0 Å². The van der Waals surface area contributed by atoms with E-state index in [2.05, 4.69) is 15.1 Å². The van der Waals surface area contributed by atoms with Crippen LogP contribution in [0.25, 0.3) is 11.3 Å². The van der Waals surface area contributed by atoms with Gasteiger partial charge in [0.25, 0.3) is 0 Å². The van der Waals surface area contributed by atoms with Crippen molar-refractivity contribution < 1.29 is 14.3 Å². The first-order valence-corrected chi connectivity index (χ1v) is 9.44. The second-order valence-corrected chi connectivity index (χ2v) is 7.88. The first kappa shape index (κ1) is 19.9. The molecular weight excluding hydrogens is 356 g/mol. The van der Waals surface area contributed by atoms with Gasteiger partial charge in [0.15, 0.2) is 17.3 Å². The smallest absolute Gasteiger partial charge is 0.228 e. The van der Waals surface area contributed by atoms with Gasteiger partial charge in [0.1, 0.15) is 0 Å². The molecule has 1 amide bonds. The molecule has 0 spiro atoms. The topological polar surface area (TPSA) is 67.8 Å². The van der Waals surface area contributed by atoms with E-state index < -0.39 is 0 Å². The quantitative estimate of drug-likeness (QED) is 0.807. The minimum Gasteiger partial charge on any atom is -0.493 e. The minimum atomic E-state index is -0.344. The Morgan fingerprint density at radius 2 is 1.61 bits per heavy atom. The number of anilines is 1. The van der Waals surface area contributed by atoms with Gasteiger partial charge in [0.05, 0.1) is 19.9 Å². The van der Waals surface area contributed by atoms with Crippen molar-refractivity contribution in [2.45, 2.75) is 20.8 Å². The molecule has 7 nitrogen and oxygen atoms in total. The van der Waals surface area contributed by atoms with Crippen LogP contribution in [0, 0.1) is 5.41 Å². The third kappa shape index (κ3) is 4.18. The molecule has 0 atom stereocenters. The van der Waals surface area contributed by atoms with Gasteiger partial charge in [0, 0.05) is 37.2 Å². The lowest BCUT2D eigenvalue weighted by atomic mass is 9.94. The van der Waals surface area contributed by atoms with Gasteiger partial charge in [-0.1, -0.05) is 20.8 Å². The number of carbonyl (C=O) groups excluding carboxylic acids is 1. The molecule has 7 heteroatoms. The van der Waals surface area contributed by atoms with Crippen molar-refractivity contribution in [3.63, 3.8) is 0 Å². The van der Waals surface area contributed by atoms with E-state index in [9.17, 15) is 4.79 Å². The van der Waals surface area contributed by atoms with E-state index in [1.165, 1.54) is 0 Å². The second-order valence-electron chi connectivity index (χ2n) is 7.88. The Morgan fingerprint density at radius 3 is 2.14 bits per heavy atom. The Labute approximate surface area is 166 Å². The predicted octanol–water partition coefficient (Wildman–Crippen LogP) is 2.86. The highest BCUT2D eigenvalue weighted by molar-refractivity contribution is 5.81. The number of methoxy groups -OCH3 is 2. The zero-order valence-electron chi connectivity index (χ0n) is 17.2. The summed E-state index contributed by atoms with van der Waals surface area (Å²) in [5, 5.41) is 8.78. The maximum Gasteiger partial charge on any atom is 0.228 e. The van der Waals surface area contributed by atoms with Gasteiger partial charge in [0.2, 0.25) is 5.91 Å². The molecule has 0 radical (unpaired) electrons. The largest absolute Gasteiger partial charge is 0.493 e. The third-order valence-corrected chi connectivity index (χ3v) is 4.86. The second kappa shape index (κ2) is 8.04. The van der Waals surface area contributed by atoms with Crippen molar-refractivity contribution in [1.82, 2.24) is 15.1 Å². The number of hydrogen-bond acceptors (Lipinski definition) is 6. The fourth-order valence-corrected chi connectivity index (χ4v) is 3.26. The van der Waals surface area contributed by atoms with Crippen LogP contribution in [0.5, 0.6) is 11.5 Å². The fraction of sp³-hybridized carbons (Fsp3) is 0.476. The Balaban J connectivity index is 1.68. The Hall–Kier alpha value is -2.83. The van der Waals surface area contributed by atoms with Crippen molar-refractivity contribution >= 4 is 11.7 Å². The highest BCUT2D eigenvalue weighted by Crippen LogP contribution is 2.31. The molecule has 3 rings (SSSR count). The molecule has 0 aliphatic carbocycles. The number of amides is 1. The molecule has 1 aliphatic rings. The van der Waals surface area contributed by atoms with Crippen molar-refractivity contribution in [3.05, 3.63) is 30.3 Å². The van der Waals surface area contributed by atoms with Crippen molar-refractivity contribution in [3.8, 4) is 22.8 Å². The number of ether oxygens (including phenoxy) is 2. The number of aromatic nitrogens is 2. The molecule has 1 saturated heterocycles. The van der Waals surface area contributed by atoms with E-state index in [4.69, 9.17) is 9.47 Å². The van der Waals surface area contributed by atoms with Gasteiger partial charge >= 0.3 is 0 Å². The molecule has 0 saturated carbocycles. The molecule has 2 heterocycles. The molecule has 2 aromatic rings. The highest BCUT2D eigenvalue weighted by atomic mass is 16.5. The van der Waals surface area contributed by atoms with E-state index in [1.54, 1.807) is 14.2 Å². The molecule has 150 valence electrons. The Bertz CT molecular complexity index is 823. The monoisotopic (exact) mass is 384 g/mol. The standard InChI is InChI=1S/C21H28N4O3/c1-21(2,3)20(26)25-12-10-24(11-13-25)19-9-7-16(22-23-19)15-6-8-17(27-4)18(14-15)28-5/h6-9,14H,10-13H2,1-5H3. The summed E-state index contributed by atoms with van der Waals surface area (Å²) in [6.07, 6.45) is 0. The fourth-order valence-electron chi connectivity index (χ4n) is 3.26. The van der Waals surface area contributed by atoms with Crippen LogP contribution in [0.1, 0.15) is 20.8 Å². The zero-order valence-corrected chi connectivity index (χ0v) is 17.2. The lowest BCUT2D eigenvalue weighted by Crippen LogP contribution is -2.51. The van der Waals surface area contributed by atoms with Crippen LogP contribution in [-0.4, -0.2) is 61.4 Å². The van der Waals surface area contributed by atoms with E-state index >= 15 is 0 Å². The van der Waals surface area contributed by atoms with Gasteiger partial charge in [-0.15, -0.1) is 10.2 Å². The SMILES string of the molecule is COc1ccc(-c2ccc(N3CCN(C(=O)C(C)(C)C)CC3)nn2)cc1OC. The van der Waals surface area contributed by atoms with Crippen LogP contribution in [0.4, 0.5) is 5.82 Å². The highest BCUT2D eigenvalue weighted by Gasteiger charge is 2.30. The first-order valence-electron chi connectivity index (χ1n) is 9.44. The Morgan fingerprint density at radius 1 is 0.929 bits per heavy atom. The predicted molar refractivity (Wildman–Crippen MR) is 109 cm³/mol. The lowest BCUT2D eigenvalue weighted by molar-refractivity contribution is -0.139. The van der Waals surface area contributed by atoms with Crippen LogP contribution >= 0.6 is 0 Å². The number of piperazine rings is 1. The summed E-state index contributed by atoms with van der Waals surface area (Å²) in [4.78, 5) is 16.5. The molecular formula is C21H28N4O3. The number of rotatable bonds is 4. The Kier molecular flexibility index (Phi) is 5.72. The van der Waals surface area contributed by atoms with Crippen LogP contribution < -0.4 is 14.4 Å². The molecule has 28 heavy (non-hydrogen) atoms. The van der Waals surface area contributed by atoms with Crippen molar-refractivity contribution in [2.24, 2.45) is 5.41 Å². The first-order chi connectivity index (χ1) is 13.3. The van der Waals surface area contributed by atoms with Crippen LogP contribution in [0.15, 0.2) is 30.3 Å². The molecule has 0 unspecified atom stereocenters. The average Bonchev–Trinajstić information content (AvgIpc) is 2.72. The van der Waals surface area contributed by atoms with Gasteiger partial charge in [-0.3, -0.25) is 4.79 Å². The molecule has 0 N–H and O–H groups in total. The molecule has 1 aromatic carbocycles. The molecule has 1 aromatic heterocycles. The van der Waals surface area contributed by atoms with Gasteiger partial charge in [-0.2, -0.15) is 0 Å². The summed E-state index contributed by atoms with van der Waals surface area (Å²) >= 11 is 0. The maximum absolute atomic E-state index is 12.4. The van der Waals surface area contributed by atoms with E-state index in [0.29, 0.717) is 24.6 Å². The molecule has 1 fully saturated rings. The summed E-state index contributed by atoms with van der Waals surface area (Å²) < 4.78 is 10.6. The third-order valence-electron chi connectivity index (χ3n) is 4.86. The van der Waals surface area contributed by atoms with E-state index in [1.807, 2.05) is 56.0 Å². The summed E-state index contributed by atoms with van der Waals surface area (Å²) in [6, 6.07) is 9.60. The molecule has 1 aliphatic heterocycles. The summed E-state index contributed by atoms with van der Waals surface area (Å²) in [7, 11) is 3.22. The van der Waals surface area contributed by atoms with Gasteiger partial charge in [-0.05, 0) is 30.3 Å². The number of benzene rings is 1. The summed E-state index contributed by atoms with van der Waals surface area (Å²) in [6.45, 7) is 8.79. The van der Waals surface area contributed by atoms with Gasteiger partial charge < -0.3 is 19.3 Å². The van der Waals surface area contributed by atoms with E-state index in [0.717, 1.165) is 30.2 Å². The van der Waals surface area contributed by atoms with Crippen LogP contribution in [0.3, 0.4) is 0 Å².